The average Bonchev–Trinajstić information content (AvgIpc) is 3.19. The Hall–Kier alpha value is -2.79. The first-order valence-corrected chi connectivity index (χ1v) is 9.99. The molecular weight excluding hydrogens is 392 g/mol. The molecular formula is C19H28N6O5. The predicted octanol–water partition coefficient (Wildman–Crippen LogP) is -0.150. The lowest BCUT2D eigenvalue weighted by Crippen LogP contribution is -2.50. The number of hydrogen-bond donors (Lipinski definition) is 0. The highest BCUT2D eigenvalue weighted by atomic mass is 16.5. The number of carbonyl (C=O) groups excluding carboxylic acids is 2. The van der Waals surface area contributed by atoms with Gasteiger partial charge in [0.15, 0.2) is 0 Å². The van der Waals surface area contributed by atoms with Gasteiger partial charge in [-0.1, -0.05) is 0 Å². The molecule has 0 N–H and O–H groups in total. The Morgan fingerprint density at radius 1 is 1.17 bits per heavy atom. The van der Waals surface area contributed by atoms with Crippen molar-refractivity contribution >= 4 is 23.5 Å². The fraction of sp³-hybridized carbons (Fsp3) is 0.632. The molecule has 1 amide bonds. The number of amides is 1. The largest absolute Gasteiger partial charge is 0.466 e. The van der Waals surface area contributed by atoms with Crippen molar-refractivity contribution in [2.45, 2.75) is 20.3 Å². The number of ether oxygens (including phenoxy) is 3. The second kappa shape index (κ2) is 10.3. The van der Waals surface area contributed by atoms with Gasteiger partial charge < -0.3 is 24.0 Å². The smallest absolute Gasteiger partial charge is 0.310 e. The number of aryl methyl sites for hydroxylation is 1. The maximum atomic E-state index is 12.4. The number of fused-ring (bicyclic) bond motifs is 1. The van der Waals surface area contributed by atoms with Crippen LogP contribution in [0.5, 0.6) is 0 Å². The number of esters is 1. The van der Waals surface area contributed by atoms with Gasteiger partial charge >= 0.3 is 5.97 Å². The lowest BCUT2D eigenvalue weighted by atomic mass is 10.1. The molecule has 30 heavy (non-hydrogen) atoms. The summed E-state index contributed by atoms with van der Waals surface area (Å²) in [5.41, 5.74) is 1.47. The van der Waals surface area contributed by atoms with Gasteiger partial charge in [0.05, 0.1) is 26.2 Å². The molecule has 164 valence electrons. The molecule has 0 unspecified atom stereocenters. The molecule has 0 saturated carbocycles. The Bertz CT molecular complexity index is 878. The van der Waals surface area contributed by atoms with Gasteiger partial charge in [0.25, 0.3) is 5.78 Å². The van der Waals surface area contributed by atoms with Crippen LogP contribution in [0.1, 0.15) is 18.2 Å². The SMILES string of the molecule is CCOC(=O)Cc1c(C)nc2ncnn2c1N1CCN(C(=O)COCCOC)CC1. The van der Waals surface area contributed by atoms with Gasteiger partial charge in [-0.25, -0.2) is 4.98 Å². The van der Waals surface area contributed by atoms with E-state index < -0.39 is 0 Å². The van der Waals surface area contributed by atoms with Crippen molar-refractivity contribution in [3.05, 3.63) is 17.6 Å². The van der Waals surface area contributed by atoms with Gasteiger partial charge in [0.2, 0.25) is 5.91 Å². The van der Waals surface area contributed by atoms with E-state index in [0.717, 1.165) is 11.4 Å². The van der Waals surface area contributed by atoms with E-state index >= 15 is 0 Å². The zero-order chi connectivity index (χ0) is 21.5. The Morgan fingerprint density at radius 3 is 2.63 bits per heavy atom. The van der Waals surface area contributed by atoms with Crippen molar-refractivity contribution in [3.63, 3.8) is 0 Å². The number of hydrogen-bond acceptors (Lipinski definition) is 9. The van der Waals surface area contributed by atoms with E-state index in [4.69, 9.17) is 14.2 Å². The normalized spacial score (nSPS) is 14.4. The molecule has 0 aromatic carbocycles. The zero-order valence-corrected chi connectivity index (χ0v) is 17.7. The van der Waals surface area contributed by atoms with Gasteiger partial charge in [-0.3, -0.25) is 9.59 Å². The van der Waals surface area contributed by atoms with E-state index in [9.17, 15) is 9.59 Å². The number of nitrogens with zero attached hydrogens (tertiary/aromatic N) is 6. The zero-order valence-electron chi connectivity index (χ0n) is 17.7. The third-order valence-electron chi connectivity index (χ3n) is 4.92. The van der Waals surface area contributed by atoms with Gasteiger partial charge in [-0.15, -0.1) is 0 Å². The molecule has 2 aromatic rings. The highest BCUT2D eigenvalue weighted by molar-refractivity contribution is 5.78. The van der Waals surface area contributed by atoms with Crippen molar-refractivity contribution in [1.82, 2.24) is 24.5 Å². The Labute approximate surface area is 174 Å². The van der Waals surface area contributed by atoms with Crippen LogP contribution in [0.2, 0.25) is 0 Å². The van der Waals surface area contributed by atoms with Crippen LogP contribution >= 0.6 is 0 Å². The predicted molar refractivity (Wildman–Crippen MR) is 107 cm³/mol. The fourth-order valence-corrected chi connectivity index (χ4v) is 3.42. The second-order valence-corrected chi connectivity index (χ2v) is 6.87. The summed E-state index contributed by atoms with van der Waals surface area (Å²) in [7, 11) is 1.59. The molecule has 0 radical (unpaired) electrons. The number of piperazine rings is 1. The number of aromatic nitrogens is 4. The summed E-state index contributed by atoms with van der Waals surface area (Å²) in [4.78, 5) is 37.1. The summed E-state index contributed by atoms with van der Waals surface area (Å²) < 4.78 is 17.0. The summed E-state index contributed by atoms with van der Waals surface area (Å²) in [6, 6.07) is 0. The summed E-state index contributed by atoms with van der Waals surface area (Å²) in [6.07, 6.45) is 1.54. The van der Waals surface area contributed by atoms with E-state index in [1.807, 2.05) is 6.92 Å². The minimum absolute atomic E-state index is 0.0408. The maximum Gasteiger partial charge on any atom is 0.310 e. The molecule has 0 aliphatic carbocycles. The molecule has 1 saturated heterocycles. The summed E-state index contributed by atoms with van der Waals surface area (Å²) in [5, 5.41) is 4.30. The molecule has 3 heterocycles. The molecule has 3 rings (SSSR count). The molecule has 1 aliphatic rings. The van der Waals surface area contributed by atoms with E-state index in [2.05, 4.69) is 20.0 Å². The van der Waals surface area contributed by atoms with Crippen molar-refractivity contribution in [2.24, 2.45) is 0 Å². The molecule has 0 atom stereocenters. The first-order chi connectivity index (χ1) is 14.5. The number of rotatable bonds is 9. The second-order valence-electron chi connectivity index (χ2n) is 6.87. The van der Waals surface area contributed by atoms with Crippen LogP contribution in [0, 0.1) is 6.92 Å². The lowest BCUT2D eigenvalue weighted by molar-refractivity contribution is -0.142. The van der Waals surface area contributed by atoms with E-state index in [0.29, 0.717) is 57.5 Å². The van der Waals surface area contributed by atoms with Crippen molar-refractivity contribution in [2.75, 3.05) is 64.6 Å². The van der Waals surface area contributed by atoms with Gasteiger partial charge in [-0.05, 0) is 13.8 Å². The van der Waals surface area contributed by atoms with Crippen LogP contribution in [-0.4, -0.2) is 96.1 Å². The monoisotopic (exact) mass is 420 g/mol. The van der Waals surface area contributed by atoms with E-state index in [-0.39, 0.29) is 24.9 Å². The first kappa shape index (κ1) is 21.9. The molecule has 11 nitrogen and oxygen atoms in total. The molecule has 11 heteroatoms. The fourth-order valence-electron chi connectivity index (χ4n) is 3.42. The molecule has 0 spiro atoms. The summed E-state index contributed by atoms with van der Waals surface area (Å²) >= 11 is 0. The standard InChI is InChI=1S/C19H28N6O5/c1-4-30-17(27)11-15-14(2)22-19-20-13-21-25(19)18(15)24-7-5-23(6-8-24)16(26)12-29-10-9-28-3/h13H,4-12H2,1-3H3. The van der Waals surface area contributed by atoms with Crippen LogP contribution < -0.4 is 4.90 Å². The topological polar surface area (TPSA) is 111 Å². The Balaban J connectivity index is 1.74. The summed E-state index contributed by atoms with van der Waals surface area (Å²) in [5.74, 6) is 0.881. The third kappa shape index (κ3) is 5.03. The number of anilines is 1. The Kier molecular flexibility index (Phi) is 7.52. The van der Waals surface area contributed by atoms with Gasteiger partial charge in [-0.2, -0.15) is 14.6 Å². The lowest BCUT2D eigenvalue weighted by Gasteiger charge is -2.36. The van der Waals surface area contributed by atoms with Crippen LogP contribution in [0.25, 0.3) is 5.78 Å². The van der Waals surface area contributed by atoms with Crippen LogP contribution in [0.3, 0.4) is 0 Å². The molecule has 0 bridgehead atoms. The van der Waals surface area contributed by atoms with E-state index in [1.165, 1.54) is 6.33 Å². The maximum absolute atomic E-state index is 12.4. The number of carbonyl (C=O) groups is 2. The highest BCUT2D eigenvalue weighted by Gasteiger charge is 2.27. The third-order valence-corrected chi connectivity index (χ3v) is 4.92. The number of methoxy groups -OCH3 is 1. The molecule has 1 fully saturated rings. The van der Waals surface area contributed by atoms with Crippen molar-refractivity contribution < 1.29 is 23.8 Å². The van der Waals surface area contributed by atoms with Crippen LogP contribution in [-0.2, 0) is 30.2 Å². The molecule has 1 aliphatic heterocycles. The van der Waals surface area contributed by atoms with E-state index in [1.54, 1.807) is 23.4 Å². The Morgan fingerprint density at radius 2 is 1.93 bits per heavy atom. The minimum atomic E-state index is -0.315. The van der Waals surface area contributed by atoms with Crippen molar-refractivity contribution in [3.8, 4) is 0 Å². The minimum Gasteiger partial charge on any atom is -0.466 e. The highest BCUT2D eigenvalue weighted by Crippen LogP contribution is 2.25. The van der Waals surface area contributed by atoms with Crippen LogP contribution in [0.15, 0.2) is 6.33 Å². The van der Waals surface area contributed by atoms with Gasteiger partial charge in [0, 0.05) is 44.5 Å². The van der Waals surface area contributed by atoms with Gasteiger partial charge in [0.1, 0.15) is 18.8 Å². The quantitative estimate of drug-likeness (QED) is 0.404. The van der Waals surface area contributed by atoms with Crippen LogP contribution in [0.4, 0.5) is 5.82 Å². The summed E-state index contributed by atoms with van der Waals surface area (Å²) in [6.45, 7) is 7.11. The first-order valence-electron chi connectivity index (χ1n) is 9.99. The average molecular weight is 420 g/mol. The van der Waals surface area contributed by atoms with Crippen molar-refractivity contribution in [1.29, 1.82) is 0 Å². The molecule has 2 aromatic heterocycles.